The monoisotopic (exact) mass is 209 g/mol. The van der Waals surface area contributed by atoms with Gasteiger partial charge < -0.3 is 34.2 Å². The lowest BCUT2D eigenvalue weighted by Crippen LogP contribution is -2.33. The minimum Gasteiger partial charge on any atom is -0.480 e. The lowest BCUT2D eigenvalue weighted by Gasteiger charge is -2.05. The van der Waals surface area contributed by atoms with Gasteiger partial charge in [0.1, 0.15) is 6.04 Å². The van der Waals surface area contributed by atoms with E-state index in [1.807, 2.05) is 0 Å². The molecule has 8 nitrogen and oxygen atoms in total. The van der Waals surface area contributed by atoms with Gasteiger partial charge in [-0.1, -0.05) is 0 Å². The van der Waals surface area contributed by atoms with E-state index in [0.29, 0.717) is 19.4 Å². The van der Waals surface area contributed by atoms with Gasteiger partial charge in [-0.2, -0.15) is 0 Å². The van der Waals surface area contributed by atoms with Crippen LogP contribution in [0.2, 0.25) is 0 Å². The van der Waals surface area contributed by atoms with Crippen LogP contribution in [-0.2, 0) is 4.79 Å². The second-order valence-electron chi connectivity index (χ2n) is 2.38. The van der Waals surface area contributed by atoms with Crippen LogP contribution in [0.1, 0.15) is 12.8 Å². The van der Waals surface area contributed by atoms with Crippen molar-refractivity contribution in [2.24, 2.45) is 11.5 Å². The van der Waals surface area contributed by atoms with Gasteiger partial charge in [-0.05, 0) is 12.8 Å². The number of urea groups is 1. The van der Waals surface area contributed by atoms with Crippen molar-refractivity contribution in [2.75, 3.05) is 6.54 Å². The summed E-state index contributed by atoms with van der Waals surface area (Å²) in [5, 5.41) is 10.7. The van der Waals surface area contributed by atoms with Crippen molar-refractivity contribution in [3.05, 3.63) is 0 Å². The number of primary amides is 1. The highest BCUT2D eigenvalue weighted by Crippen LogP contribution is 1.92. The molecule has 14 heavy (non-hydrogen) atoms. The maximum Gasteiger partial charge on any atom is 0.320 e. The number of carboxylic acid groups (broad SMARTS) is 1. The number of nitrogens with two attached hydrogens (primary N) is 2. The molecule has 0 aromatic carbocycles. The van der Waals surface area contributed by atoms with Gasteiger partial charge in [0.05, 0.1) is 0 Å². The van der Waals surface area contributed by atoms with E-state index < -0.39 is 18.0 Å². The number of rotatable bonds is 5. The maximum absolute atomic E-state index is 10.2. The van der Waals surface area contributed by atoms with Gasteiger partial charge in [-0.3, -0.25) is 4.79 Å². The maximum atomic E-state index is 10.2. The lowest BCUT2D eigenvalue weighted by atomic mass is 10.2. The molecule has 86 valence electrons. The SMILES string of the molecule is N.N.NC(=O)NCCC[C@H](N)C(=O)O. The summed E-state index contributed by atoms with van der Waals surface area (Å²) in [5.41, 5.74) is 9.96. The summed E-state index contributed by atoms with van der Waals surface area (Å²) in [7, 11) is 0. The molecule has 0 aromatic heterocycles. The van der Waals surface area contributed by atoms with Crippen molar-refractivity contribution in [2.45, 2.75) is 18.9 Å². The van der Waals surface area contributed by atoms with Crippen LogP contribution in [0, 0.1) is 0 Å². The molecule has 0 rings (SSSR count). The third-order valence-corrected chi connectivity index (χ3v) is 1.31. The topological polar surface area (TPSA) is 188 Å². The fourth-order valence-electron chi connectivity index (χ4n) is 0.657. The van der Waals surface area contributed by atoms with Crippen LogP contribution in [0.15, 0.2) is 0 Å². The van der Waals surface area contributed by atoms with Crippen molar-refractivity contribution in [3.63, 3.8) is 0 Å². The summed E-state index contributed by atoms with van der Waals surface area (Å²) in [6.45, 7) is 0.357. The first-order valence-electron chi connectivity index (χ1n) is 3.55. The molecular formula is C6H19N5O3. The Kier molecular flexibility index (Phi) is 12.8. The van der Waals surface area contributed by atoms with E-state index in [2.05, 4.69) is 5.32 Å². The Hall–Kier alpha value is -1.38. The van der Waals surface area contributed by atoms with Gasteiger partial charge in [0.25, 0.3) is 0 Å². The van der Waals surface area contributed by atoms with Crippen LogP contribution in [-0.4, -0.2) is 29.7 Å². The summed E-state index contributed by atoms with van der Waals surface area (Å²) < 4.78 is 0. The van der Waals surface area contributed by atoms with Crippen molar-refractivity contribution in [3.8, 4) is 0 Å². The number of nitrogens with one attached hydrogen (secondary N) is 1. The van der Waals surface area contributed by atoms with Crippen LogP contribution in [0.4, 0.5) is 4.79 Å². The Balaban J connectivity index is -0.000000605. The average Bonchev–Trinajstić information content (AvgIpc) is 1.97. The molecule has 1 atom stereocenters. The molecule has 0 bridgehead atoms. The molecule has 0 aliphatic heterocycles. The quantitative estimate of drug-likeness (QED) is 0.320. The summed E-state index contributed by atoms with van der Waals surface area (Å²) in [6.07, 6.45) is 0.839. The minimum atomic E-state index is -1.03. The molecule has 0 radical (unpaired) electrons. The molecule has 2 amide bonds. The van der Waals surface area contributed by atoms with Gasteiger partial charge in [-0.25, -0.2) is 4.79 Å². The van der Waals surface area contributed by atoms with E-state index in [1.165, 1.54) is 0 Å². The van der Waals surface area contributed by atoms with Gasteiger partial charge in [-0.15, -0.1) is 0 Å². The Morgan fingerprint density at radius 2 is 1.86 bits per heavy atom. The molecule has 0 saturated carbocycles. The molecular weight excluding hydrogens is 190 g/mol. The van der Waals surface area contributed by atoms with Gasteiger partial charge >= 0.3 is 12.0 Å². The number of hydrogen-bond acceptors (Lipinski definition) is 5. The minimum absolute atomic E-state index is 0. The molecule has 0 unspecified atom stereocenters. The zero-order valence-electron chi connectivity index (χ0n) is 8.03. The molecule has 0 saturated heterocycles. The number of aliphatic carboxylic acids is 1. The summed E-state index contributed by atoms with van der Waals surface area (Å²) in [4.78, 5) is 20.3. The molecule has 0 aliphatic rings. The zero-order valence-corrected chi connectivity index (χ0v) is 8.03. The zero-order chi connectivity index (χ0) is 9.56. The highest BCUT2D eigenvalue weighted by molar-refractivity contribution is 5.73. The fraction of sp³-hybridized carbons (Fsp3) is 0.667. The van der Waals surface area contributed by atoms with Crippen LogP contribution in [0.25, 0.3) is 0 Å². The van der Waals surface area contributed by atoms with E-state index >= 15 is 0 Å². The number of carbonyl (C=O) groups excluding carboxylic acids is 1. The fourth-order valence-corrected chi connectivity index (χ4v) is 0.657. The van der Waals surface area contributed by atoms with Crippen molar-refractivity contribution < 1.29 is 14.7 Å². The van der Waals surface area contributed by atoms with E-state index in [0.717, 1.165) is 0 Å². The number of carbonyl (C=O) groups is 2. The third kappa shape index (κ3) is 10.6. The largest absolute Gasteiger partial charge is 0.480 e. The molecule has 8 heteroatoms. The van der Waals surface area contributed by atoms with E-state index in [1.54, 1.807) is 0 Å². The Morgan fingerprint density at radius 3 is 2.21 bits per heavy atom. The summed E-state index contributed by atoms with van der Waals surface area (Å²) in [5.74, 6) is -1.03. The van der Waals surface area contributed by atoms with E-state index in [9.17, 15) is 9.59 Å². The third-order valence-electron chi connectivity index (χ3n) is 1.31. The summed E-state index contributed by atoms with van der Waals surface area (Å²) >= 11 is 0. The predicted octanol–water partition coefficient (Wildman–Crippen LogP) is -0.829. The highest BCUT2D eigenvalue weighted by atomic mass is 16.4. The Bertz CT molecular complexity index is 175. The van der Waals surface area contributed by atoms with Gasteiger partial charge in [0.2, 0.25) is 0 Å². The first kappa shape index (κ1) is 18.4. The van der Waals surface area contributed by atoms with Crippen molar-refractivity contribution in [1.82, 2.24) is 17.6 Å². The van der Waals surface area contributed by atoms with Crippen LogP contribution in [0.3, 0.4) is 0 Å². The van der Waals surface area contributed by atoms with Crippen LogP contribution < -0.4 is 29.1 Å². The standard InChI is InChI=1S/C6H13N3O3.2H3N/c7-4(5(10)11)2-1-3-9-6(8)12;;/h4H,1-3,7H2,(H,10,11)(H3,8,9,12);2*1H3/t4-;;/m0../s1. The smallest absolute Gasteiger partial charge is 0.320 e. The molecule has 0 aromatic rings. The lowest BCUT2D eigenvalue weighted by molar-refractivity contribution is -0.138. The number of hydrogen-bond donors (Lipinski definition) is 6. The molecule has 0 fully saturated rings. The molecule has 0 spiro atoms. The normalized spacial score (nSPS) is 10.4. The molecule has 0 aliphatic carbocycles. The predicted molar refractivity (Wildman–Crippen MR) is 52.5 cm³/mol. The highest BCUT2D eigenvalue weighted by Gasteiger charge is 2.09. The van der Waals surface area contributed by atoms with Gasteiger partial charge in [0, 0.05) is 6.54 Å². The van der Waals surface area contributed by atoms with Crippen LogP contribution in [0.5, 0.6) is 0 Å². The van der Waals surface area contributed by atoms with Gasteiger partial charge in [0.15, 0.2) is 0 Å². The first-order chi connectivity index (χ1) is 5.54. The number of carboxylic acids is 1. The second kappa shape index (κ2) is 9.71. The summed E-state index contributed by atoms with van der Waals surface area (Å²) in [6, 6.07) is -1.47. The van der Waals surface area contributed by atoms with Crippen molar-refractivity contribution >= 4 is 12.0 Å². The van der Waals surface area contributed by atoms with Crippen LogP contribution >= 0.6 is 0 Å². The number of amides is 2. The van der Waals surface area contributed by atoms with Crippen molar-refractivity contribution in [1.29, 1.82) is 0 Å². The molecule has 0 heterocycles. The first-order valence-corrected chi connectivity index (χ1v) is 3.55. The second-order valence-corrected chi connectivity index (χ2v) is 2.38. The van der Waals surface area contributed by atoms with E-state index in [4.69, 9.17) is 16.6 Å². The Morgan fingerprint density at radius 1 is 1.36 bits per heavy atom. The molecule has 12 N–H and O–H groups in total. The van der Waals surface area contributed by atoms with E-state index in [-0.39, 0.29) is 12.3 Å². The average molecular weight is 209 g/mol. The Labute approximate surface area is 82.2 Å².